The fourth-order valence-electron chi connectivity index (χ4n) is 5.92. The predicted molar refractivity (Wildman–Crippen MR) is 141 cm³/mol. The summed E-state index contributed by atoms with van der Waals surface area (Å²) in [4.78, 5) is 20.9. The Balaban J connectivity index is 1.07. The zero-order valence-electron chi connectivity index (χ0n) is 20.4. The van der Waals surface area contributed by atoms with E-state index < -0.39 is 5.76 Å². The van der Waals surface area contributed by atoms with Crippen LogP contribution in [-0.2, 0) is 11.3 Å². The van der Waals surface area contributed by atoms with Crippen LogP contribution >= 0.6 is 23.2 Å². The van der Waals surface area contributed by atoms with Gasteiger partial charge in [0.15, 0.2) is 5.82 Å². The normalized spacial score (nSPS) is 22.8. The van der Waals surface area contributed by atoms with Gasteiger partial charge in [0.2, 0.25) is 0 Å². The number of pyridine rings is 1. The van der Waals surface area contributed by atoms with E-state index in [2.05, 4.69) is 29.7 Å². The maximum absolute atomic E-state index is 11.3. The van der Waals surface area contributed by atoms with Crippen molar-refractivity contribution in [1.82, 2.24) is 20.3 Å². The quantitative estimate of drug-likeness (QED) is 0.297. The average Bonchev–Trinajstić information content (AvgIpc) is 3.44. The maximum atomic E-state index is 11.3. The zero-order valence-corrected chi connectivity index (χ0v) is 21.9. The highest BCUT2D eigenvalue weighted by atomic mass is 35.5. The molecular weight excluding hydrogens is 529 g/mol. The van der Waals surface area contributed by atoms with E-state index in [0.29, 0.717) is 57.3 Å². The molecule has 1 saturated carbocycles. The molecule has 3 aromatic heterocycles. The molecule has 3 atom stereocenters. The van der Waals surface area contributed by atoms with Gasteiger partial charge < -0.3 is 14.2 Å². The summed E-state index contributed by atoms with van der Waals surface area (Å²) in [5.41, 5.74) is 3.05. The molecule has 7 rings (SSSR count). The summed E-state index contributed by atoms with van der Waals surface area (Å²) >= 11 is 13.0. The van der Waals surface area contributed by atoms with Crippen molar-refractivity contribution in [2.45, 2.75) is 69.2 Å². The summed E-state index contributed by atoms with van der Waals surface area (Å²) < 4.78 is 17.0. The molecule has 11 heteroatoms. The molecule has 196 valence electrons. The molecule has 38 heavy (non-hydrogen) atoms. The van der Waals surface area contributed by atoms with Crippen LogP contribution in [0.3, 0.4) is 0 Å². The van der Waals surface area contributed by atoms with E-state index >= 15 is 0 Å². The van der Waals surface area contributed by atoms with E-state index in [1.54, 1.807) is 6.20 Å². The molecule has 5 heterocycles. The van der Waals surface area contributed by atoms with Crippen LogP contribution in [0, 0.1) is 0 Å². The van der Waals surface area contributed by atoms with Gasteiger partial charge in [-0.2, -0.15) is 0 Å². The average molecular weight is 554 g/mol. The van der Waals surface area contributed by atoms with E-state index in [1.807, 2.05) is 30.3 Å². The summed E-state index contributed by atoms with van der Waals surface area (Å²) in [6.07, 6.45) is 8.08. The van der Waals surface area contributed by atoms with Crippen LogP contribution in [-0.4, -0.2) is 38.5 Å². The van der Waals surface area contributed by atoms with Crippen molar-refractivity contribution in [2.75, 3.05) is 4.90 Å². The van der Waals surface area contributed by atoms with E-state index in [4.69, 9.17) is 32.5 Å². The first-order valence-electron chi connectivity index (χ1n) is 12.9. The summed E-state index contributed by atoms with van der Waals surface area (Å²) in [6.45, 7) is 0.416. The van der Waals surface area contributed by atoms with Crippen LogP contribution < -0.4 is 10.7 Å². The fraction of sp³-hybridized carbons (Fsp3) is 0.407. The molecule has 1 aromatic carbocycles. The van der Waals surface area contributed by atoms with E-state index in [1.165, 1.54) is 0 Å². The number of halogens is 2. The number of H-pyrrole nitrogens is 1. The second-order valence-corrected chi connectivity index (χ2v) is 11.1. The highest BCUT2D eigenvalue weighted by Crippen LogP contribution is 2.47. The van der Waals surface area contributed by atoms with Gasteiger partial charge in [0, 0.05) is 40.9 Å². The van der Waals surface area contributed by atoms with Gasteiger partial charge in [-0.25, -0.2) is 9.78 Å². The van der Waals surface area contributed by atoms with Gasteiger partial charge in [0.1, 0.15) is 17.3 Å². The second-order valence-electron chi connectivity index (χ2n) is 10.3. The largest absolute Gasteiger partial charge is 0.439 e. The summed E-state index contributed by atoms with van der Waals surface area (Å²) in [6, 6.07) is 10.1. The zero-order chi connectivity index (χ0) is 25.8. The number of hydrogen-bond acceptors (Lipinski definition) is 8. The molecule has 0 radical (unpaired) electrons. The topological polar surface area (TPSA) is 110 Å². The van der Waals surface area contributed by atoms with Gasteiger partial charge in [-0.15, -0.1) is 0 Å². The monoisotopic (exact) mass is 553 g/mol. The molecule has 1 unspecified atom stereocenters. The molecule has 0 amide bonds. The number of rotatable bonds is 7. The summed E-state index contributed by atoms with van der Waals surface area (Å²) in [7, 11) is 0. The third-order valence-electron chi connectivity index (χ3n) is 7.85. The number of benzene rings is 1. The van der Waals surface area contributed by atoms with Gasteiger partial charge in [0.25, 0.3) is 0 Å². The first-order chi connectivity index (χ1) is 18.5. The molecule has 2 aliphatic heterocycles. The van der Waals surface area contributed by atoms with Gasteiger partial charge in [-0.3, -0.25) is 9.51 Å². The number of nitrogens with zero attached hydrogens (tertiary/aromatic N) is 4. The highest BCUT2D eigenvalue weighted by Gasteiger charge is 2.42. The summed E-state index contributed by atoms with van der Waals surface area (Å²) in [5.74, 6) is 2.01. The number of piperidine rings is 1. The molecular formula is C27H25Cl2N5O4. The van der Waals surface area contributed by atoms with E-state index in [0.717, 1.165) is 55.7 Å². The van der Waals surface area contributed by atoms with Crippen molar-refractivity contribution < 1.29 is 13.8 Å². The smallest absolute Gasteiger partial charge is 0.373 e. The SMILES string of the molecule is O=c1[nH]c(-c2ccc(N3[C@@H]4CC[C@H]3CC(OCc3c(-c5c(Cl)cccc5Cl)noc3C3CC3)C4)nc2)no1. The Bertz CT molecular complexity index is 1490. The van der Waals surface area contributed by atoms with Crippen LogP contribution in [0.2, 0.25) is 10.0 Å². The van der Waals surface area contributed by atoms with Crippen molar-refractivity contribution in [3.8, 4) is 22.6 Å². The Morgan fingerprint density at radius 2 is 1.76 bits per heavy atom. The summed E-state index contributed by atoms with van der Waals surface area (Å²) in [5, 5.41) is 9.23. The molecule has 2 bridgehead atoms. The molecule has 1 aliphatic carbocycles. The Morgan fingerprint density at radius 1 is 1.00 bits per heavy atom. The Morgan fingerprint density at radius 3 is 2.39 bits per heavy atom. The van der Waals surface area contributed by atoms with Crippen molar-refractivity contribution in [3.05, 3.63) is 68.4 Å². The lowest BCUT2D eigenvalue weighted by Gasteiger charge is -2.39. The van der Waals surface area contributed by atoms with Crippen molar-refractivity contribution in [1.29, 1.82) is 0 Å². The lowest BCUT2D eigenvalue weighted by Crippen LogP contribution is -2.46. The van der Waals surface area contributed by atoms with Gasteiger partial charge in [-0.05, 0) is 62.8 Å². The molecule has 9 nitrogen and oxygen atoms in total. The number of nitrogens with one attached hydrogen (secondary N) is 1. The lowest BCUT2D eigenvalue weighted by atomic mass is 9.99. The standard InChI is InChI=1S/C27H25Cl2N5O4/c28-20-2-1-3-21(29)23(20)24-19(25(37-32-24)14-4-5-14)13-36-18-10-16-7-8-17(11-18)34(16)22-9-6-15(12-30-22)26-31-27(35)38-33-26/h1-3,6,9,12,14,16-18H,4-5,7-8,10-11,13H2,(H,31,33,35)/t16-,17+,18?. The first-order valence-corrected chi connectivity index (χ1v) is 13.7. The third kappa shape index (κ3) is 4.32. The number of fused-ring (bicyclic) bond motifs is 2. The fourth-order valence-corrected chi connectivity index (χ4v) is 6.50. The van der Waals surface area contributed by atoms with Crippen LogP contribution in [0.1, 0.15) is 55.8 Å². The molecule has 3 fully saturated rings. The lowest BCUT2D eigenvalue weighted by molar-refractivity contribution is 0.0146. The van der Waals surface area contributed by atoms with E-state index in [-0.39, 0.29) is 6.10 Å². The molecule has 3 aliphatic rings. The predicted octanol–water partition coefficient (Wildman–Crippen LogP) is 5.98. The Labute approximate surface area is 228 Å². The van der Waals surface area contributed by atoms with Crippen LogP contribution in [0.25, 0.3) is 22.6 Å². The van der Waals surface area contributed by atoms with Crippen LogP contribution in [0.5, 0.6) is 0 Å². The van der Waals surface area contributed by atoms with Gasteiger partial charge >= 0.3 is 5.76 Å². The number of anilines is 1. The van der Waals surface area contributed by atoms with Gasteiger partial charge in [0.05, 0.1) is 22.8 Å². The molecule has 1 N–H and O–H groups in total. The molecule has 0 spiro atoms. The van der Waals surface area contributed by atoms with Crippen molar-refractivity contribution in [3.63, 3.8) is 0 Å². The minimum Gasteiger partial charge on any atom is -0.373 e. The van der Waals surface area contributed by atoms with E-state index in [9.17, 15) is 4.79 Å². The minimum atomic E-state index is -0.582. The van der Waals surface area contributed by atoms with Crippen molar-refractivity contribution in [2.24, 2.45) is 0 Å². The number of aromatic nitrogens is 4. The first kappa shape index (κ1) is 23.9. The third-order valence-corrected chi connectivity index (χ3v) is 8.48. The Kier molecular flexibility index (Phi) is 6.02. The maximum Gasteiger partial charge on any atom is 0.439 e. The van der Waals surface area contributed by atoms with Crippen LogP contribution in [0.4, 0.5) is 5.82 Å². The molecule has 2 saturated heterocycles. The van der Waals surface area contributed by atoms with Crippen LogP contribution in [0.15, 0.2) is 50.4 Å². The van der Waals surface area contributed by atoms with Gasteiger partial charge in [-0.1, -0.05) is 39.6 Å². The number of hydrogen-bond donors (Lipinski definition) is 1. The van der Waals surface area contributed by atoms with Crippen molar-refractivity contribution >= 4 is 29.0 Å². The molecule has 4 aromatic rings. The number of ether oxygens (including phenoxy) is 1. The highest BCUT2D eigenvalue weighted by molar-refractivity contribution is 6.39. The minimum absolute atomic E-state index is 0.125. The second kappa shape index (κ2) is 9.55. The Hall–Kier alpha value is -3.14. The number of aromatic amines is 1.